The smallest absolute Gasteiger partial charge is 0.0481 e. The molecule has 1 nitrogen and oxygen atoms in total. The fraction of sp³-hybridized carbons (Fsp3) is 0.500. The van der Waals surface area contributed by atoms with Gasteiger partial charge in [0.05, 0.1) is 0 Å². The minimum atomic E-state index is 0.953. The molecule has 78 valence electrons. The van der Waals surface area contributed by atoms with Crippen LogP contribution in [0.4, 0.5) is 5.69 Å². The van der Waals surface area contributed by atoms with Gasteiger partial charge in [0.15, 0.2) is 0 Å². The van der Waals surface area contributed by atoms with Gasteiger partial charge in [0.1, 0.15) is 0 Å². The molecule has 0 atom stereocenters. The third-order valence-corrected chi connectivity index (χ3v) is 3.45. The first-order chi connectivity index (χ1) is 6.75. The lowest BCUT2D eigenvalue weighted by Gasteiger charge is -2.07. The molecule has 0 radical (unpaired) electrons. The van der Waals surface area contributed by atoms with E-state index in [-0.39, 0.29) is 0 Å². The fourth-order valence-corrected chi connectivity index (χ4v) is 2.37. The third kappa shape index (κ3) is 3.26. The largest absolute Gasteiger partial charge is 0.398 e. The van der Waals surface area contributed by atoms with Gasteiger partial charge >= 0.3 is 0 Å². The highest BCUT2D eigenvalue weighted by atomic mass is 32.2. The number of aryl methyl sites for hydroxylation is 1. The lowest BCUT2D eigenvalue weighted by atomic mass is 10.2. The summed E-state index contributed by atoms with van der Waals surface area (Å²) in [5, 5.41) is 0. The summed E-state index contributed by atoms with van der Waals surface area (Å²) in [5.41, 5.74) is 8.11. The number of rotatable bonds is 5. The van der Waals surface area contributed by atoms with E-state index < -0.39 is 0 Å². The van der Waals surface area contributed by atoms with E-state index in [0.29, 0.717) is 0 Å². The average Bonchev–Trinajstić information content (AvgIpc) is 2.19. The number of anilines is 1. The first-order valence-corrected chi connectivity index (χ1v) is 6.22. The molecule has 1 aromatic rings. The molecule has 1 rings (SSSR count). The van der Waals surface area contributed by atoms with Crippen molar-refractivity contribution in [2.24, 2.45) is 0 Å². The zero-order chi connectivity index (χ0) is 10.4. The van der Waals surface area contributed by atoms with Gasteiger partial charge in [0.2, 0.25) is 0 Å². The van der Waals surface area contributed by atoms with Crippen LogP contribution >= 0.6 is 11.8 Å². The predicted octanol–water partition coefficient (Wildman–Crippen LogP) is 3.86. The second-order valence-corrected chi connectivity index (χ2v) is 4.68. The van der Waals surface area contributed by atoms with Crippen molar-refractivity contribution >= 4 is 17.4 Å². The number of benzene rings is 1. The standard InChI is InChI=1S/C12H19NS/c1-3-4-5-9-14-11-8-6-7-10(2)12(11)13/h6-8H,3-5,9,13H2,1-2H3. The van der Waals surface area contributed by atoms with Crippen molar-refractivity contribution in [2.75, 3.05) is 11.5 Å². The topological polar surface area (TPSA) is 26.0 Å². The van der Waals surface area contributed by atoms with Crippen LogP contribution in [0.3, 0.4) is 0 Å². The Bertz CT molecular complexity index is 284. The lowest BCUT2D eigenvalue weighted by Crippen LogP contribution is -1.92. The summed E-state index contributed by atoms with van der Waals surface area (Å²) >= 11 is 1.88. The number of hydrogen-bond donors (Lipinski definition) is 1. The Hall–Kier alpha value is -0.630. The molecular formula is C12H19NS. The van der Waals surface area contributed by atoms with Gasteiger partial charge in [-0.1, -0.05) is 31.9 Å². The van der Waals surface area contributed by atoms with E-state index in [4.69, 9.17) is 5.73 Å². The van der Waals surface area contributed by atoms with Gasteiger partial charge in [-0.3, -0.25) is 0 Å². The number of unbranched alkanes of at least 4 members (excludes halogenated alkanes) is 2. The maximum atomic E-state index is 5.98. The normalized spacial score (nSPS) is 10.4. The third-order valence-electron chi connectivity index (χ3n) is 2.29. The molecule has 1 aromatic carbocycles. The molecule has 0 aliphatic carbocycles. The zero-order valence-electron chi connectivity index (χ0n) is 9.05. The summed E-state index contributed by atoms with van der Waals surface area (Å²) < 4.78 is 0. The summed E-state index contributed by atoms with van der Waals surface area (Å²) in [4.78, 5) is 1.24. The Balaban J connectivity index is 2.46. The van der Waals surface area contributed by atoms with Crippen LogP contribution < -0.4 is 5.73 Å². The fourth-order valence-electron chi connectivity index (χ4n) is 1.31. The van der Waals surface area contributed by atoms with Crippen LogP contribution in [0.1, 0.15) is 31.7 Å². The van der Waals surface area contributed by atoms with E-state index in [1.165, 1.54) is 35.5 Å². The zero-order valence-corrected chi connectivity index (χ0v) is 9.86. The highest BCUT2D eigenvalue weighted by molar-refractivity contribution is 7.99. The van der Waals surface area contributed by atoms with E-state index in [1.807, 2.05) is 11.8 Å². The van der Waals surface area contributed by atoms with Crippen LogP contribution in [0, 0.1) is 6.92 Å². The number of nitrogen functional groups attached to an aromatic ring is 1. The Morgan fingerprint density at radius 1 is 1.29 bits per heavy atom. The first-order valence-electron chi connectivity index (χ1n) is 5.23. The summed E-state index contributed by atoms with van der Waals surface area (Å²) in [6.45, 7) is 4.29. The van der Waals surface area contributed by atoms with Gasteiger partial charge in [-0.2, -0.15) is 0 Å². The molecule has 14 heavy (non-hydrogen) atoms. The van der Waals surface area contributed by atoms with Crippen molar-refractivity contribution in [2.45, 2.75) is 38.0 Å². The summed E-state index contributed by atoms with van der Waals surface area (Å²) in [5.74, 6) is 1.18. The molecular weight excluding hydrogens is 190 g/mol. The summed E-state index contributed by atoms with van der Waals surface area (Å²) in [6, 6.07) is 6.25. The van der Waals surface area contributed by atoms with Crippen molar-refractivity contribution in [3.05, 3.63) is 23.8 Å². The van der Waals surface area contributed by atoms with E-state index in [2.05, 4.69) is 32.0 Å². The minimum absolute atomic E-state index is 0.953. The Morgan fingerprint density at radius 3 is 2.79 bits per heavy atom. The number of nitrogens with two attached hydrogens (primary N) is 1. The van der Waals surface area contributed by atoms with Crippen LogP contribution in [-0.4, -0.2) is 5.75 Å². The van der Waals surface area contributed by atoms with E-state index in [0.717, 1.165) is 5.69 Å². The van der Waals surface area contributed by atoms with Crippen LogP contribution in [0.25, 0.3) is 0 Å². The molecule has 0 saturated heterocycles. The molecule has 0 heterocycles. The van der Waals surface area contributed by atoms with Crippen LogP contribution in [-0.2, 0) is 0 Å². The maximum absolute atomic E-state index is 5.98. The van der Waals surface area contributed by atoms with Crippen molar-refractivity contribution in [3.8, 4) is 0 Å². The lowest BCUT2D eigenvalue weighted by molar-refractivity contribution is 0.778. The molecule has 0 amide bonds. The first kappa shape index (κ1) is 11.4. The Labute approximate surface area is 91.1 Å². The van der Waals surface area contributed by atoms with Gasteiger partial charge < -0.3 is 5.73 Å². The molecule has 0 aliphatic heterocycles. The predicted molar refractivity (Wildman–Crippen MR) is 65.8 cm³/mol. The summed E-state index contributed by atoms with van der Waals surface area (Å²) in [7, 11) is 0. The monoisotopic (exact) mass is 209 g/mol. The number of hydrogen-bond acceptors (Lipinski definition) is 2. The second-order valence-electron chi connectivity index (χ2n) is 3.54. The molecule has 0 unspecified atom stereocenters. The van der Waals surface area contributed by atoms with Gasteiger partial charge in [-0.05, 0) is 30.7 Å². The van der Waals surface area contributed by atoms with Gasteiger partial charge in [-0.25, -0.2) is 0 Å². The van der Waals surface area contributed by atoms with Crippen LogP contribution in [0.5, 0.6) is 0 Å². The number of para-hydroxylation sites is 1. The molecule has 0 aromatic heterocycles. The van der Waals surface area contributed by atoms with Crippen molar-refractivity contribution in [1.82, 2.24) is 0 Å². The SMILES string of the molecule is CCCCCSc1cccc(C)c1N. The maximum Gasteiger partial charge on any atom is 0.0481 e. The van der Waals surface area contributed by atoms with Crippen molar-refractivity contribution < 1.29 is 0 Å². The second kappa shape index (κ2) is 5.97. The highest BCUT2D eigenvalue weighted by Gasteiger charge is 2.01. The molecule has 0 bridgehead atoms. The van der Waals surface area contributed by atoms with Gasteiger partial charge in [-0.15, -0.1) is 11.8 Å². The molecule has 0 saturated carbocycles. The summed E-state index contributed by atoms with van der Waals surface area (Å²) in [6.07, 6.45) is 3.89. The van der Waals surface area contributed by atoms with Crippen molar-refractivity contribution in [1.29, 1.82) is 0 Å². The quantitative estimate of drug-likeness (QED) is 0.453. The van der Waals surface area contributed by atoms with E-state index in [1.54, 1.807) is 0 Å². The molecule has 0 spiro atoms. The molecule has 0 fully saturated rings. The number of thioether (sulfide) groups is 1. The molecule has 2 N–H and O–H groups in total. The van der Waals surface area contributed by atoms with Gasteiger partial charge in [0.25, 0.3) is 0 Å². The van der Waals surface area contributed by atoms with Crippen molar-refractivity contribution in [3.63, 3.8) is 0 Å². The van der Waals surface area contributed by atoms with Crippen LogP contribution in [0.2, 0.25) is 0 Å². The molecule has 0 aliphatic rings. The Morgan fingerprint density at radius 2 is 2.07 bits per heavy atom. The minimum Gasteiger partial charge on any atom is -0.398 e. The van der Waals surface area contributed by atoms with E-state index in [9.17, 15) is 0 Å². The average molecular weight is 209 g/mol. The highest BCUT2D eigenvalue weighted by Crippen LogP contribution is 2.27. The molecule has 2 heteroatoms. The Kier molecular flexibility index (Phi) is 4.88. The van der Waals surface area contributed by atoms with Gasteiger partial charge in [0, 0.05) is 10.6 Å². The van der Waals surface area contributed by atoms with E-state index >= 15 is 0 Å². The van der Waals surface area contributed by atoms with Crippen LogP contribution in [0.15, 0.2) is 23.1 Å².